The van der Waals surface area contributed by atoms with Gasteiger partial charge < -0.3 is 20.5 Å². The van der Waals surface area contributed by atoms with Gasteiger partial charge in [-0.15, -0.1) is 12.4 Å². The van der Waals surface area contributed by atoms with Gasteiger partial charge in [-0.3, -0.25) is 4.79 Å². The summed E-state index contributed by atoms with van der Waals surface area (Å²) >= 11 is 0. The molecule has 3 N–H and O–H groups in total. The summed E-state index contributed by atoms with van der Waals surface area (Å²) in [6, 6.07) is 7.41. The smallest absolute Gasteiger partial charge is 0.227 e. The number of hydrogen-bond acceptors (Lipinski definition) is 4. The fourth-order valence-electron chi connectivity index (χ4n) is 1.81. The topological polar surface area (TPSA) is 73.6 Å². The number of anilines is 1. The van der Waals surface area contributed by atoms with Gasteiger partial charge in [0.15, 0.2) is 0 Å². The van der Waals surface area contributed by atoms with Crippen molar-refractivity contribution < 1.29 is 14.3 Å². The second-order valence-electron chi connectivity index (χ2n) is 5.12. The second kappa shape index (κ2) is 8.87. The van der Waals surface area contributed by atoms with Crippen molar-refractivity contribution in [3.8, 4) is 5.75 Å². The average molecular weight is 315 g/mol. The Morgan fingerprint density at radius 3 is 2.57 bits per heavy atom. The maximum atomic E-state index is 11.8. The monoisotopic (exact) mass is 314 g/mol. The molecule has 0 spiro atoms. The highest BCUT2D eigenvalue weighted by molar-refractivity contribution is 5.91. The van der Waals surface area contributed by atoms with Crippen LogP contribution in [0.15, 0.2) is 24.3 Å². The lowest BCUT2D eigenvalue weighted by Gasteiger charge is -2.13. The molecule has 1 aromatic carbocycles. The summed E-state index contributed by atoms with van der Waals surface area (Å²) in [5.41, 5.74) is 6.24. The van der Waals surface area contributed by atoms with E-state index in [0.717, 1.165) is 24.0 Å². The molecule has 118 valence electrons. The fraction of sp³-hybridized carbons (Fsp3) is 0.533. The van der Waals surface area contributed by atoms with Crippen molar-refractivity contribution in [2.24, 2.45) is 11.7 Å². The van der Waals surface area contributed by atoms with E-state index in [1.165, 1.54) is 12.8 Å². The van der Waals surface area contributed by atoms with E-state index in [1.807, 2.05) is 24.3 Å². The third-order valence-electron chi connectivity index (χ3n) is 3.33. The Labute approximate surface area is 131 Å². The normalized spacial score (nSPS) is 15.0. The Morgan fingerprint density at radius 2 is 2.05 bits per heavy atom. The van der Waals surface area contributed by atoms with Crippen LogP contribution in [0.4, 0.5) is 5.69 Å². The van der Waals surface area contributed by atoms with Gasteiger partial charge in [-0.25, -0.2) is 0 Å². The van der Waals surface area contributed by atoms with Crippen LogP contribution in [-0.2, 0) is 9.53 Å². The van der Waals surface area contributed by atoms with Gasteiger partial charge in [-0.2, -0.15) is 0 Å². The number of hydrogen-bond donors (Lipinski definition) is 2. The van der Waals surface area contributed by atoms with Crippen LogP contribution in [0, 0.1) is 5.92 Å². The quantitative estimate of drug-likeness (QED) is 0.771. The molecule has 1 unspecified atom stereocenters. The predicted molar refractivity (Wildman–Crippen MR) is 85.0 cm³/mol. The summed E-state index contributed by atoms with van der Waals surface area (Å²) in [5, 5.41) is 2.82. The molecule has 1 aliphatic rings. The lowest BCUT2D eigenvalue weighted by molar-refractivity contribution is -0.118. The number of carbonyl (C=O) groups excluding carboxylic acids is 1. The Morgan fingerprint density at radius 1 is 1.38 bits per heavy atom. The van der Waals surface area contributed by atoms with Crippen molar-refractivity contribution in [1.29, 1.82) is 0 Å². The maximum absolute atomic E-state index is 11.8. The predicted octanol–water partition coefficient (Wildman–Crippen LogP) is 2.20. The number of halogens is 1. The van der Waals surface area contributed by atoms with Crippen LogP contribution in [0.1, 0.15) is 19.3 Å². The molecule has 2 rings (SSSR count). The number of benzene rings is 1. The number of ether oxygens (including phenoxy) is 2. The van der Waals surface area contributed by atoms with Crippen LogP contribution in [-0.4, -0.2) is 32.3 Å². The first-order valence-corrected chi connectivity index (χ1v) is 6.97. The van der Waals surface area contributed by atoms with Gasteiger partial charge in [0.2, 0.25) is 5.91 Å². The Kier molecular flexibility index (Phi) is 7.50. The SMILES string of the molecule is COC(CN)CC(=O)Nc1ccc(OCC2CC2)cc1.Cl. The Bertz CT molecular complexity index is 431. The minimum Gasteiger partial charge on any atom is -0.493 e. The molecule has 1 amide bonds. The molecular formula is C15H23ClN2O3. The number of nitrogens with two attached hydrogens (primary N) is 1. The fourth-order valence-corrected chi connectivity index (χ4v) is 1.81. The first-order chi connectivity index (χ1) is 9.71. The largest absolute Gasteiger partial charge is 0.493 e. The minimum absolute atomic E-state index is 0. The van der Waals surface area contributed by atoms with E-state index in [4.69, 9.17) is 15.2 Å². The van der Waals surface area contributed by atoms with Crippen LogP contribution in [0.3, 0.4) is 0 Å². The van der Waals surface area contributed by atoms with Crippen molar-refractivity contribution in [1.82, 2.24) is 0 Å². The molecule has 1 fully saturated rings. The van der Waals surface area contributed by atoms with Crippen molar-refractivity contribution in [3.63, 3.8) is 0 Å². The molecule has 0 aliphatic heterocycles. The van der Waals surface area contributed by atoms with E-state index in [2.05, 4.69) is 5.32 Å². The van der Waals surface area contributed by atoms with E-state index < -0.39 is 0 Å². The lowest BCUT2D eigenvalue weighted by atomic mass is 10.2. The molecule has 21 heavy (non-hydrogen) atoms. The van der Waals surface area contributed by atoms with Crippen molar-refractivity contribution in [3.05, 3.63) is 24.3 Å². The lowest BCUT2D eigenvalue weighted by Crippen LogP contribution is -2.28. The van der Waals surface area contributed by atoms with Crippen LogP contribution < -0.4 is 15.8 Å². The van der Waals surface area contributed by atoms with Gasteiger partial charge in [0.25, 0.3) is 0 Å². The summed E-state index contributed by atoms with van der Waals surface area (Å²) < 4.78 is 10.7. The highest BCUT2D eigenvalue weighted by Gasteiger charge is 2.21. The Balaban J connectivity index is 0.00000220. The zero-order valence-corrected chi connectivity index (χ0v) is 13.0. The second-order valence-corrected chi connectivity index (χ2v) is 5.12. The summed E-state index contributed by atoms with van der Waals surface area (Å²) in [5.74, 6) is 1.47. The van der Waals surface area contributed by atoms with Gasteiger partial charge in [0, 0.05) is 19.3 Å². The first kappa shape index (κ1) is 17.8. The highest BCUT2D eigenvalue weighted by atomic mass is 35.5. The zero-order chi connectivity index (χ0) is 14.4. The van der Waals surface area contributed by atoms with Gasteiger partial charge in [0.1, 0.15) is 5.75 Å². The van der Waals surface area contributed by atoms with Gasteiger partial charge in [-0.1, -0.05) is 0 Å². The number of methoxy groups -OCH3 is 1. The Hall–Kier alpha value is -1.30. The summed E-state index contributed by atoms with van der Waals surface area (Å²) in [6.45, 7) is 1.12. The maximum Gasteiger partial charge on any atom is 0.227 e. The number of rotatable bonds is 8. The molecule has 1 saturated carbocycles. The van der Waals surface area contributed by atoms with E-state index in [0.29, 0.717) is 6.54 Å². The molecule has 0 saturated heterocycles. The molecule has 0 bridgehead atoms. The molecule has 6 heteroatoms. The van der Waals surface area contributed by atoms with E-state index in [-0.39, 0.29) is 30.8 Å². The van der Waals surface area contributed by atoms with Crippen molar-refractivity contribution in [2.45, 2.75) is 25.4 Å². The zero-order valence-electron chi connectivity index (χ0n) is 12.2. The summed E-state index contributed by atoms with van der Waals surface area (Å²) in [7, 11) is 1.55. The number of nitrogens with one attached hydrogen (secondary N) is 1. The van der Waals surface area contributed by atoms with Gasteiger partial charge >= 0.3 is 0 Å². The number of amides is 1. The van der Waals surface area contributed by atoms with Gasteiger partial charge in [-0.05, 0) is 43.0 Å². The average Bonchev–Trinajstić information content (AvgIpc) is 3.28. The third kappa shape index (κ3) is 6.33. The molecule has 0 aromatic heterocycles. The van der Waals surface area contributed by atoms with E-state index in [9.17, 15) is 4.79 Å². The van der Waals surface area contributed by atoms with Crippen molar-refractivity contribution >= 4 is 24.0 Å². The van der Waals surface area contributed by atoms with Gasteiger partial charge in [0.05, 0.1) is 19.1 Å². The van der Waals surface area contributed by atoms with Crippen LogP contribution in [0.2, 0.25) is 0 Å². The molecule has 0 heterocycles. The molecule has 0 radical (unpaired) electrons. The summed E-state index contributed by atoms with van der Waals surface area (Å²) in [6.07, 6.45) is 2.56. The standard InChI is InChI=1S/C15H22N2O3.ClH/c1-19-14(9-16)8-15(18)17-12-4-6-13(7-5-12)20-10-11-2-3-11;/h4-7,11,14H,2-3,8-10,16H2,1H3,(H,17,18);1H. The van der Waals surface area contributed by atoms with E-state index in [1.54, 1.807) is 7.11 Å². The minimum atomic E-state index is -0.240. The highest BCUT2D eigenvalue weighted by Crippen LogP contribution is 2.29. The van der Waals surface area contributed by atoms with Crippen LogP contribution in [0.25, 0.3) is 0 Å². The van der Waals surface area contributed by atoms with Crippen LogP contribution >= 0.6 is 12.4 Å². The summed E-state index contributed by atoms with van der Waals surface area (Å²) in [4.78, 5) is 11.8. The third-order valence-corrected chi connectivity index (χ3v) is 3.33. The molecule has 1 aliphatic carbocycles. The first-order valence-electron chi connectivity index (χ1n) is 6.97. The molecule has 5 nitrogen and oxygen atoms in total. The van der Waals surface area contributed by atoms with Crippen LogP contribution in [0.5, 0.6) is 5.75 Å². The molecule has 1 atom stereocenters. The number of carbonyl (C=O) groups is 1. The van der Waals surface area contributed by atoms with E-state index >= 15 is 0 Å². The molecule has 1 aromatic rings. The molecular weight excluding hydrogens is 292 g/mol. The van der Waals surface area contributed by atoms with Crippen molar-refractivity contribution in [2.75, 3.05) is 25.6 Å².